The van der Waals surface area contributed by atoms with Gasteiger partial charge in [-0.15, -0.1) is 5.10 Å². The van der Waals surface area contributed by atoms with Crippen molar-refractivity contribution in [3.05, 3.63) is 64.4 Å². The van der Waals surface area contributed by atoms with Gasteiger partial charge in [-0.25, -0.2) is 14.4 Å². The Morgan fingerprint density at radius 2 is 1.94 bits per heavy atom. The van der Waals surface area contributed by atoms with Crippen LogP contribution in [0.5, 0.6) is 0 Å². The molecule has 7 nitrogen and oxygen atoms in total. The van der Waals surface area contributed by atoms with Crippen LogP contribution in [0.4, 0.5) is 10.1 Å². The minimum atomic E-state index is -1.69. The van der Waals surface area contributed by atoms with Gasteiger partial charge in [0.05, 0.1) is 5.36 Å². The number of anilines is 1. The number of rotatable bonds is 5. The summed E-state index contributed by atoms with van der Waals surface area (Å²) in [5, 5.41) is 13.1. The number of hydrogen-bond donors (Lipinski definition) is 2. The van der Waals surface area contributed by atoms with Gasteiger partial charge in [-0.1, -0.05) is 56.1 Å². The Bertz CT molecular complexity index is 1280. The molecular formula is C23H22FN5O2S. The summed E-state index contributed by atoms with van der Waals surface area (Å²) in [5.74, 6) is -0.544. The smallest absolute Gasteiger partial charge is 0.279 e. The average Bonchev–Trinajstić information content (AvgIpc) is 3.05. The molecule has 3 aliphatic heterocycles. The van der Waals surface area contributed by atoms with Crippen LogP contribution in [-0.2, 0) is 15.3 Å². The van der Waals surface area contributed by atoms with Gasteiger partial charge in [0.2, 0.25) is 0 Å². The van der Waals surface area contributed by atoms with Gasteiger partial charge < -0.3 is 5.32 Å². The van der Waals surface area contributed by atoms with Gasteiger partial charge in [-0.05, 0) is 30.7 Å². The van der Waals surface area contributed by atoms with E-state index in [4.69, 9.17) is 4.99 Å². The number of nitrogens with one attached hydrogen (secondary N) is 2. The van der Waals surface area contributed by atoms with Crippen molar-refractivity contribution in [2.75, 3.05) is 11.1 Å². The van der Waals surface area contributed by atoms with Gasteiger partial charge >= 0.3 is 0 Å². The van der Waals surface area contributed by atoms with E-state index >= 15 is 0 Å². The SMILES string of the molecule is CCCCCCSC1=NN2C(=c3ccccc3=NC23C(=O)Nc2ccc(F)cc23)C(=O)N1. The lowest BCUT2D eigenvalue weighted by molar-refractivity contribution is -0.127. The summed E-state index contributed by atoms with van der Waals surface area (Å²) in [6.07, 6.45) is 4.40. The quantitative estimate of drug-likeness (QED) is 0.684. The molecule has 5 rings (SSSR count). The standard InChI is InChI=1S/C23H22FN5O2S/c1-2-3-4-7-12-32-22-26-20(30)19-15-8-5-6-9-17(15)27-23(29(19)28-22)16-13-14(24)10-11-18(16)25-21(23)31/h5-6,8-11,13H,2-4,7,12H2,1H3,(H,25,31)(H,26,28,30). The predicted molar refractivity (Wildman–Crippen MR) is 121 cm³/mol. The van der Waals surface area contributed by atoms with E-state index in [1.54, 1.807) is 24.3 Å². The first-order valence-corrected chi connectivity index (χ1v) is 11.7. The maximum Gasteiger partial charge on any atom is 0.279 e. The van der Waals surface area contributed by atoms with Gasteiger partial charge in [0.25, 0.3) is 17.5 Å². The molecule has 1 unspecified atom stereocenters. The number of carbonyl (C=O) groups excluding carboxylic acids is 2. The van der Waals surface area contributed by atoms with Crippen LogP contribution in [0.3, 0.4) is 0 Å². The highest BCUT2D eigenvalue weighted by molar-refractivity contribution is 8.13. The summed E-state index contributed by atoms with van der Waals surface area (Å²) in [5.41, 5.74) is -0.681. The molecule has 0 aromatic heterocycles. The molecule has 0 aliphatic carbocycles. The zero-order chi connectivity index (χ0) is 22.3. The van der Waals surface area contributed by atoms with E-state index in [9.17, 15) is 14.0 Å². The molecule has 32 heavy (non-hydrogen) atoms. The molecule has 2 aromatic carbocycles. The topological polar surface area (TPSA) is 86.2 Å². The third-order valence-corrected chi connectivity index (χ3v) is 6.69. The van der Waals surface area contributed by atoms with Crippen molar-refractivity contribution in [2.45, 2.75) is 38.3 Å². The van der Waals surface area contributed by atoms with Crippen LogP contribution in [0, 0.1) is 5.82 Å². The normalized spacial score (nSPS) is 20.8. The van der Waals surface area contributed by atoms with Crippen molar-refractivity contribution < 1.29 is 14.0 Å². The van der Waals surface area contributed by atoms with Crippen LogP contribution < -0.4 is 21.2 Å². The highest BCUT2D eigenvalue weighted by Crippen LogP contribution is 2.45. The van der Waals surface area contributed by atoms with Crippen LogP contribution in [-0.4, -0.2) is 27.7 Å². The molecule has 2 amide bonds. The van der Waals surface area contributed by atoms with E-state index in [-0.39, 0.29) is 11.6 Å². The Morgan fingerprint density at radius 3 is 2.78 bits per heavy atom. The zero-order valence-electron chi connectivity index (χ0n) is 17.5. The van der Waals surface area contributed by atoms with Gasteiger partial charge in [-0.2, -0.15) is 0 Å². The minimum absolute atomic E-state index is 0.221. The number of fused-ring (bicyclic) bond motifs is 5. The first-order valence-electron chi connectivity index (χ1n) is 10.7. The van der Waals surface area contributed by atoms with E-state index in [2.05, 4.69) is 22.7 Å². The van der Waals surface area contributed by atoms with Crippen LogP contribution in [0.1, 0.15) is 38.2 Å². The van der Waals surface area contributed by atoms with Crippen molar-refractivity contribution in [3.63, 3.8) is 0 Å². The minimum Gasteiger partial charge on any atom is -0.321 e. The first-order chi connectivity index (χ1) is 15.5. The lowest BCUT2D eigenvalue weighted by Gasteiger charge is -2.39. The summed E-state index contributed by atoms with van der Waals surface area (Å²) >= 11 is 1.43. The van der Waals surface area contributed by atoms with Gasteiger partial charge in [0.15, 0.2) is 5.17 Å². The van der Waals surface area contributed by atoms with Crippen LogP contribution in [0.25, 0.3) is 5.70 Å². The molecule has 2 N–H and O–H groups in total. The third-order valence-electron chi connectivity index (χ3n) is 5.74. The number of nitrogens with zero attached hydrogens (tertiary/aromatic N) is 3. The maximum atomic E-state index is 14.2. The fraction of sp³-hybridized carbons (Fsp3) is 0.304. The number of hydrazone groups is 1. The van der Waals surface area contributed by atoms with Gasteiger partial charge in [0, 0.05) is 22.2 Å². The van der Waals surface area contributed by atoms with Crippen LogP contribution in [0.2, 0.25) is 0 Å². The zero-order valence-corrected chi connectivity index (χ0v) is 18.3. The molecule has 0 saturated heterocycles. The number of amidine groups is 1. The molecule has 0 saturated carbocycles. The summed E-state index contributed by atoms with van der Waals surface area (Å²) in [7, 11) is 0. The molecule has 1 atom stereocenters. The predicted octanol–water partition coefficient (Wildman–Crippen LogP) is 2.39. The number of hydrogen-bond acceptors (Lipinski definition) is 6. The van der Waals surface area contributed by atoms with Crippen molar-refractivity contribution in [3.8, 4) is 0 Å². The second-order valence-corrected chi connectivity index (χ2v) is 8.96. The highest BCUT2D eigenvalue weighted by atomic mass is 32.2. The molecule has 0 fully saturated rings. The lowest BCUT2D eigenvalue weighted by Crippen LogP contribution is -2.59. The van der Waals surface area contributed by atoms with E-state index in [1.807, 2.05) is 0 Å². The Morgan fingerprint density at radius 1 is 1.09 bits per heavy atom. The number of amides is 2. The van der Waals surface area contributed by atoms with E-state index < -0.39 is 17.4 Å². The number of thioether (sulfide) groups is 1. The van der Waals surface area contributed by atoms with Gasteiger partial charge in [0.1, 0.15) is 11.5 Å². The largest absolute Gasteiger partial charge is 0.321 e. The Kier molecular flexibility index (Phi) is 5.21. The molecular weight excluding hydrogens is 429 g/mol. The fourth-order valence-corrected chi connectivity index (χ4v) is 5.06. The van der Waals surface area contributed by atoms with E-state index in [0.29, 0.717) is 27.0 Å². The summed E-state index contributed by atoms with van der Waals surface area (Å²) in [6.45, 7) is 2.15. The Hall–Kier alpha value is -3.20. The number of halogens is 1. The molecule has 3 aliphatic rings. The van der Waals surface area contributed by atoms with Crippen LogP contribution >= 0.6 is 11.8 Å². The van der Waals surface area contributed by atoms with Gasteiger partial charge in [-0.3, -0.25) is 14.9 Å². The molecule has 0 bridgehead atoms. The molecule has 3 heterocycles. The number of unbranched alkanes of at least 4 members (excludes halogenated alkanes) is 3. The van der Waals surface area contributed by atoms with E-state index in [0.717, 1.165) is 31.4 Å². The first kappa shape index (κ1) is 20.7. The monoisotopic (exact) mass is 451 g/mol. The molecule has 164 valence electrons. The lowest BCUT2D eigenvalue weighted by atomic mass is 9.97. The molecule has 9 heteroatoms. The summed E-state index contributed by atoms with van der Waals surface area (Å²) in [4.78, 5) is 31.3. The van der Waals surface area contributed by atoms with Crippen LogP contribution in [0.15, 0.2) is 52.6 Å². The highest BCUT2D eigenvalue weighted by Gasteiger charge is 2.56. The van der Waals surface area contributed by atoms with E-state index in [1.165, 1.54) is 35.0 Å². The second kappa shape index (κ2) is 8.05. The molecule has 2 aromatic rings. The Balaban J connectivity index is 1.66. The van der Waals surface area contributed by atoms with Crippen molar-refractivity contribution in [2.24, 2.45) is 10.1 Å². The van der Waals surface area contributed by atoms with Crippen molar-refractivity contribution >= 4 is 40.1 Å². The molecule has 1 spiro atoms. The number of carbonyl (C=O) groups is 2. The Labute approximate surface area is 188 Å². The maximum absolute atomic E-state index is 14.2. The third kappa shape index (κ3) is 3.19. The van der Waals surface area contributed by atoms with Crippen molar-refractivity contribution in [1.82, 2.24) is 10.3 Å². The number of para-hydroxylation sites is 1. The number of benzene rings is 2. The van der Waals surface area contributed by atoms with Crippen molar-refractivity contribution in [1.29, 1.82) is 0 Å². The second-order valence-electron chi connectivity index (χ2n) is 7.87. The molecule has 0 radical (unpaired) electrons. The summed E-state index contributed by atoms with van der Waals surface area (Å²) < 4.78 is 14.2. The average molecular weight is 452 g/mol. The summed E-state index contributed by atoms with van der Waals surface area (Å²) in [6, 6.07) is 11.2. The fourth-order valence-electron chi connectivity index (χ4n) is 4.21.